The van der Waals surface area contributed by atoms with E-state index in [4.69, 9.17) is 4.74 Å². The third-order valence-corrected chi connectivity index (χ3v) is 4.91. The van der Waals surface area contributed by atoms with Crippen molar-refractivity contribution in [1.82, 2.24) is 5.32 Å². The Hall–Kier alpha value is -1.02. The van der Waals surface area contributed by atoms with Gasteiger partial charge in [0.05, 0.1) is 7.11 Å². The van der Waals surface area contributed by atoms with Crippen LogP contribution in [0.25, 0.3) is 0 Å². The number of nitrogens with one attached hydrogen (secondary N) is 1. The average molecular weight is 289 g/mol. The monoisotopic (exact) mass is 289 g/mol. The molecule has 0 saturated heterocycles. The second kappa shape index (κ2) is 6.83. The van der Waals surface area contributed by atoms with Gasteiger partial charge in [-0.1, -0.05) is 38.0 Å². The zero-order chi connectivity index (χ0) is 15.5. The Labute approximate surface area is 130 Å². The second-order valence-electron chi connectivity index (χ2n) is 7.43. The van der Waals surface area contributed by atoms with E-state index in [2.05, 4.69) is 51.2 Å². The van der Waals surface area contributed by atoms with Gasteiger partial charge in [0.15, 0.2) is 0 Å². The SMILES string of the molecule is COc1ccc(C)cc1C(C)NC1CCCC(C)(C)CC1. The van der Waals surface area contributed by atoms with Crippen LogP contribution in [0.3, 0.4) is 0 Å². The van der Waals surface area contributed by atoms with Gasteiger partial charge in [-0.05, 0) is 51.0 Å². The van der Waals surface area contributed by atoms with Crippen LogP contribution in [0.2, 0.25) is 0 Å². The van der Waals surface area contributed by atoms with Crippen molar-refractivity contribution < 1.29 is 4.74 Å². The molecule has 0 radical (unpaired) electrons. The van der Waals surface area contributed by atoms with Gasteiger partial charge < -0.3 is 10.1 Å². The van der Waals surface area contributed by atoms with Gasteiger partial charge in [-0.2, -0.15) is 0 Å². The van der Waals surface area contributed by atoms with E-state index in [1.807, 2.05) is 0 Å². The summed E-state index contributed by atoms with van der Waals surface area (Å²) in [6, 6.07) is 7.41. The van der Waals surface area contributed by atoms with Crippen molar-refractivity contribution in [1.29, 1.82) is 0 Å². The molecule has 1 aromatic carbocycles. The van der Waals surface area contributed by atoms with Gasteiger partial charge in [-0.15, -0.1) is 0 Å². The fourth-order valence-corrected chi connectivity index (χ4v) is 3.46. The first-order valence-corrected chi connectivity index (χ1v) is 8.32. The summed E-state index contributed by atoms with van der Waals surface area (Å²) in [5.74, 6) is 0.995. The van der Waals surface area contributed by atoms with E-state index in [9.17, 15) is 0 Å². The summed E-state index contributed by atoms with van der Waals surface area (Å²) >= 11 is 0. The van der Waals surface area contributed by atoms with E-state index in [-0.39, 0.29) is 0 Å². The average Bonchev–Trinajstić information content (AvgIpc) is 2.60. The van der Waals surface area contributed by atoms with E-state index in [1.54, 1.807) is 7.11 Å². The lowest BCUT2D eigenvalue weighted by Gasteiger charge is -2.25. The lowest BCUT2D eigenvalue weighted by atomic mass is 9.85. The third kappa shape index (κ3) is 4.47. The molecule has 2 nitrogen and oxygen atoms in total. The van der Waals surface area contributed by atoms with Gasteiger partial charge in [-0.25, -0.2) is 0 Å². The number of ether oxygens (including phenoxy) is 1. The van der Waals surface area contributed by atoms with Crippen LogP contribution < -0.4 is 10.1 Å². The second-order valence-corrected chi connectivity index (χ2v) is 7.43. The van der Waals surface area contributed by atoms with Gasteiger partial charge in [0.1, 0.15) is 5.75 Å². The molecule has 0 aliphatic heterocycles. The summed E-state index contributed by atoms with van der Waals surface area (Å²) < 4.78 is 5.53. The molecule has 2 atom stereocenters. The minimum atomic E-state index is 0.339. The Kier molecular flexibility index (Phi) is 5.32. The highest BCUT2D eigenvalue weighted by molar-refractivity contribution is 5.38. The smallest absolute Gasteiger partial charge is 0.123 e. The number of methoxy groups -OCH3 is 1. The molecular weight excluding hydrogens is 258 g/mol. The minimum absolute atomic E-state index is 0.339. The minimum Gasteiger partial charge on any atom is -0.496 e. The molecule has 1 aromatic rings. The fourth-order valence-electron chi connectivity index (χ4n) is 3.46. The highest BCUT2D eigenvalue weighted by Crippen LogP contribution is 2.35. The predicted molar refractivity (Wildman–Crippen MR) is 89.9 cm³/mol. The molecule has 2 rings (SSSR count). The Morgan fingerprint density at radius 3 is 2.71 bits per heavy atom. The molecule has 0 bridgehead atoms. The summed E-state index contributed by atoms with van der Waals surface area (Å²) in [5, 5.41) is 3.83. The molecule has 21 heavy (non-hydrogen) atoms. The number of rotatable bonds is 4. The van der Waals surface area contributed by atoms with Crippen LogP contribution in [0.15, 0.2) is 18.2 Å². The lowest BCUT2D eigenvalue weighted by molar-refractivity contribution is 0.307. The third-order valence-electron chi connectivity index (χ3n) is 4.91. The molecule has 1 aliphatic carbocycles. The van der Waals surface area contributed by atoms with Crippen molar-refractivity contribution >= 4 is 0 Å². The Bertz CT molecular complexity index is 467. The maximum absolute atomic E-state index is 5.53. The van der Waals surface area contributed by atoms with Crippen LogP contribution in [0.4, 0.5) is 0 Å². The molecule has 1 saturated carbocycles. The van der Waals surface area contributed by atoms with Crippen molar-refractivity contribution in [3.63, 3.8) is 0 Å². The quantitative estimate of drug-likeness (QED) is 0.786. The first-order chi connectivity index (χ1) is 9.91. The molecule has 1 N–H and O–H groups in total. The Morgan fingerprint density at radius 2 is 2.00 bits per heavy atom. The van der Waals surface area contributed by atoms with Crippen LogP contribution in [0, 0.1) is 12.3 Å². The van der Waals surface area contributed by atoms with Crippen LogP contribution >= 0.6 is 0 Å². The van der Waals surface area contributed by atoms with Gasteiger partial charge in [0.25, 0.3) is 0 Å². The van der Waals surface area contributed by atoms with E-state index in [1.165, 1.54) is 43.2 Å². The normalized spacial score (nSPS) is 23.4. The Balaban J connectivity index is 2.04. The number of benzene rings is 1. The number of hydrogen-bond acceptors (Lipinski definition) is 2. The molecule has 1 fully saturated rings. The lowest BCUT2D eigenvalue weighted by Crippen LogP contribution is -2.31. The molecule has 0 aromatic heterocycles. The molecule has 1 aliphatic rings. The van der Waals surface area contributed by atoms with Gasteiger partial charge in [0, 0.05) is 17.6 Å². The summed E-state index contributed by atoms with van der Waals surface area (Å²) in [4.78, 5) is 0. The molecule has 2 unspecified atom stereocenters. The first-order valence-electron chi connectivity index (χ1n) is 8.32. The van der Waals surface area contributed by atoms with Crippen molar-refractivity contribution in [3.8, 4) is 5.75 Å². The highest BCUT2D eigenvalue weighted by Gasteiger charge is 2.25. The van der Waals surface area contributed by atoms with E-state index < -0.39 is 0 Å². The van der Waals surface area contributed by atoms with Crippen molar-refractivity contribution in [2.24, 2.45) is 5.41 Å². The van der Waals surface area contributed by atoms with Crippen molar-refractivity contribution in [2.75, 3.05) is 7.11 Å². The van der Waals surface area contributed by atoms with Crippen LogP contribution in [-0.2, 0) is 0 Å². The molecule has 118 valence electrons. The van der Waals surface area contributed by atoms with Gasteiger partial charge in [-0.3, -0.25) is 0 Å². The number of aryl methyl sites for hydroxylation is 1. The maximum Gasteiger partial charge on any atom is 0.123 e. The van der Waals surface area contributed by atoms with E-state index in [0.29, 0.717) is 17.5 Å². The molecule has 0 heterocycles. The van der Waals surface area contributed by atoms with E-state index >= 15 is 0 Å². The standard InChI is InChI=1S/C19H31NO/c1-14-8-9-18(21-5)17(13-14)15(2)20-16-7-6-11-19(3,4)12-10-16/h8-9,13,15-16,20H,6-7,10-12H2,1-5H3. The molecular formula is C19H31NO. The maximum atomic E-state index is 5.53. The first kappa shape index (κ1) is 16.4. The zero-order valence-electron chi connectivity index (χ0n) is 14.3. The zero-order valence-corrected chi connectivity index (χ0v) is 14.3. The van der Waals surface area contributed by atoms with Gasteiger partial charge >= 0.3 is 0 Å². The molecule has 0 amide bonds. The van der Waals surface area contributed by atoms with Crippen LogP contribution in [-0.4, -0.2) is 13.2 Å². The summed E-state index contributed by atoms with van der Waals surface area (Å²) in [6.07, 6.45) is 6.59. The van der Waals surface area contributed by atoms with Crippen LogP contribution in [0.5, 0.6) is 5.75 Å². The van der Waals surface area contributed by atoms with Gasteiger partial charge in [0.2, 0.25) is 0 Å². The van der Waals surface area contributed by atoms with Crippen molar-refractivity contribution in [3.05, 3.63) is 29.3 Å². The topological polar surface area (TPSA) is 21.3 Å². The summed E-state index contributed by atoms with van der Waals surface area (Å²) in [5.41, 5.74) is 3.09. The highest BCUT2D eigenvalue weighted by atomic mass is 16.5. The fraction of sp³-hybridized carbons (Fsp3) is 0.684. The molecule has 0 spiro atoms. The van der Waals surface area contributed by atoms with E-state index in [0.717, 1.165) is 5.75 Å². The number of hydrogen-bond donors (Lipinski definition) is 1. The summed E-state index contributed by atoms with van der Waals surface area (Å²) in [6.45, 7) is 9.21. The van der Waals surface area contributed by atoms with Crippen molar-refractivity contribution in [2.45, 2.75) is 71.9 Å². The predicted octanol–water partition coefficient (Wildman–Crippen LogP) is 5.01. The largest absolute Gasteiger partial charge is 0.496 e. The molecule has 2 heteroatoms. The van der Waals surface area contributed by atoms with Crippen LogP contribution in [0.1, 0.15) is 70.0 Å². The summed E-state index contributed by atoms with van der Waals surface area (Å²) in [7, 11) is 1.76. The Morgan fingerprint density at radius 1 is 1.24 bits per heavy atom.